The van der Waals surface area contributed by atoms with E-state index in [1.165, 1.54) is 6.08 Å². The molecule has 0 unspecified atom stereocenters. The zero-order valence-corrected chi connectivity index (χ0v) is 23.1. The van der Waals surface area contributed by atoms with Crippen LogP contribution in [0.15, 0.2) is 97.1 Å². The van der Waals surface area contributed by atoms with Crippen molar-refractivity contribution < 1.29 is 24.0 Å². The maximum absolute atomic E-state index is 13.6. The second-order valence-corrected chi connectivity index (χ2v) is 10.1. The molecule has 3 aromatic rings. The van der Waals surface area contributed by atoms with Crippen LogP contribution in [0.4, 0.5) is 0 Å². The number of ketones is 1. The molecule has 1 saturated heterocycles. The number of rotatable bonds is 13. The number of nitrogens with one attached hydrogen (secondary N) is 4. The Morgan fingerprint density at radius 1 is 0.810 bits per heavy atom. The zero-order chi connectivity index (χ0) is 29.7. The van der Waals surface area contributed by atoms with E-state index in [9.17, 15) is 24.0 Å². The molecule has 1 aliphatic rings. The summed E-state index contributed by atoms with van der Waals surface area (Å²) in [7, 11) is 0. The third-order valence-corrected chi connectivity index (χ3v) is 6.98. The normalized spacial score (nSPS) is 15.8. The van der Waals surface area contributed by atoms with Gasteiger partial charge in [-0.2, -0.15) is 0 Å². The lowest BCUT2D eigenvalue weighted by Gasteiger charge is -2.24. The minimum Gasteiger partial charge on any atom is -0.356 e. The number of Topliss-reactive ketones (excluding diaryl/α,β-unsaturated/α-hetero) is 1. The average Bonchev–Trinajstić information content (AvgIpc) is 3.43. The molecule has 3 aromatic carbocycles. The summed E-state index contributed by atoms with van der Waals surface area (Å²) in [5, 5.41) is 10.7. The van der Waals surface area contributed by atoms with Crippen LogP contribution in [0, 0.1) is 5.92 Å². The lowest BCUT2D eigenvalue weighted by molar-refractivity contribution is -0.141. The molecule has 4 N–H and O–H groups in total. The third-order valence-electron chi connectivity index (χ3n) is 6.98. The van der Waals surface area contributed by atoms with E-state index >= 15 is 0 Å². The number of carbonyl (C=O) groups excluding carboxylic acids is 5. The molecule has 9 heteroatoms. The molecule has 216 valence electrons. The highest BCUT2D eigenvalue weighted by Gasteiger charge is 2.35. The van der Waals surface area contributed by atoms with Gasteiger partial charge in [0.15, 0.2) is 0 Å². The van der Waals surface area contributed by atoms with Crippen LogP contribution in [0.5, 0.6) is 0 Å². The molecule has 0 saturated carbocycles. The number of amides is 4. The summed E-state index contributed by atoms with van der Waals surface area (Å²) in [6.45, 7) is 0.593. The van der Waals surface area contributed by atoms with E-state index in [1.54, 1.807) is 6.08 Å². The van der Waals surface area contributed by atoms with E-state index in [0.717, 1.165) is 16.7 Å². The lowest BCUT2D eigenvalue weighted by atomic mass is 9.94. The Balaban J connectivity index is 1.49. The van der Waals surface area contributed by atoms with Crippen molar-refractivity contribution in [2.24, 2.45) is 5.92 Å². The molecule has 4 amide bonds. The van der Waals surface area contributed by atoms with Gasteiger partial charge in [-0.25, -0.2) is 0 Å². The van der Waals surface area contributed by atoms with Crippen molar-refractivity contribution in [2.45, 2.75) is 37.9 Å². The summed E-state index contributed by atoms with van der Waals surface area (Å²) in [5.74, 6) is -3.60. The quantitative estimate of drug-likeness (QED) is 0.186. The van der Waals surface area contributed by atoms with Gasteiger partial charge in [0.1, 0.15) is 6.04 Å². The fourth-order valence-corrected chi connectivity index (χ4v) is 4.70. The monoisotopic (exact) mass is 566 g/mol. The van der Waals surface area contributed by atoms with Gasteiger partial charge in [0.2, 0.25) is 23.5 Å². The SMILES string of the molecule is O=C(/C=C/c1ccccc1)N[C@H](Cc1ccccc1)C(=O)N[C@H](C[C@H]1CCNC1=O)C(=O)C(=O)NCc1ccccc1. The topological polar surface area (TPSA) is 133 Å². The molecule has 0 aliphatic carbocycles. The molecular formula is C33H34N4O5. The molecule has 9 nitrogen and oxygen atoms in total. The summed E-state index contributed by atoms with van der Waals surface area (Å²) >= 11 is 0. The smallest absolute Gasteiger partial charge is 0.289 e. The summed E-state index contributed by atoms with van der Waals surface area (Å²) in [6, 6.07) is 25.2. The highest BCUT2D eigenvalue weighted by molar-refractivity contribution is 6.38. The fraction of sp³-hybridized carbons (Fsp3) is 0.242. The largest absolute Gasteiger partial charge is 0.356 e. The van der Waals surface area contributed by atoms with Crippen molar-refractivity contribution in [2.75, 3.05) is 6.54 Å². The van der Waals surface area contributed by atoms with E-state index in [-0.39, 0.29) is 25.3 Å². The molecule has 0 spiro atoms. The Morgan fingerprint density at radius 3 is 2.05 bits per heavy atom. The summed E-state index contributed by atoms with van der Waals surface area (Å²) in [4.78, 5) is 64.9. The number of carbonyl (C=O) groups is 5. The van der Waals surface area contributed by atoms with Gasteiger partial charge in [-0.3, -0.25) is 24.0 Å². The van der Waals surface area contributed by atoms with Crippen LogP contribution in [0.25, 0.3) is 6.08 Å². The Kier molecular flexibility index (Phi) is 10.7. The molecule has 1 aliphatic heterocycles. The van der Waals surface area contributed by atoms with Gasteiger partial charge in [0, 0.05) is 31.5 Å². The maximum atomic E-state index is 13.6. The molecular weight excluding hydrogens is 532 g/mol. The molecule has 0 aromatic heterocycles. The summed E-state index contributed by atoms with van der Waals surface area (Å²) in [6.07, 6.45) is 3.58. The van der Waals surface area contributed by atoms with Crippen molar-refractivity contribution in [1.29, 1.82) is 0 Å². The first-order chi connectivity index (χ1) is 20.4. The van der Waals surface area contributed by atoms with Crippen LogP contribution in [0.2, 0.25) is 0 Å². The zero-order valence-electron chi connectivity index (χ0n) is 23.1. The van der Waals surface area contributed by atoms with Crippen LogP contribution in [-0.4, -0.2) is 48.0 Å². The predicted molar refractivity (Wildman–Crippen MR) is 159 cm³/mol. The second-order valence-electron chi connectivity index (χ2n) is 10.1. The average molecular weight is 567 g/mol. The highest BCUT2D eigenvalue weighted by Crippen LogP contribution is 2.17. The minimum atomic E-state index is -1.25. The molecule has 0 radical (unpaired) electrons. The van der Waals surface area contributed by atoms with Gasteiger partial charge < -0.3 is 21.3 Å². The highest BCUT2D eigenvalue weighted by atomic mass is 16.2. The Morgan fingerprint density at radius 2 is 1.43 bits per heavy atom. The first-order valence-electron chi connectivity index (χ1n) is 13.9. The second kappa shape index (κ2) is 15.1. The first-order valence-corrected chi connectivity index (χ1v) is 13.9. The number of benzene rings is 3. The van der Waals surface area contributed by atoms with Crippen LogP contribution in [-0.2, 0) is 36.9 Å². The molecule has 1 fully saturated rings. The van der Waals surface area contributed by atoms with E-state index in [0.29, 0.717) is 13.0 Å². The maximum Gasteiger partial charge on any atom is 0.289 e. The van der Waals surface area contributed by atoms with E-state index < -0.39 is 41.5 Å². The van der Waals surface area contributed by atoms with Gasteiger partial charge in [-0.1, -0.05) is 91.0 Å². The standard InChI is InChI=1S/C33H34N4O5/c38-29(17-16-23-10-4-1-5-11-23)36-28(20-24-12-6-2-7-13-24)32(41)37-27(21-26-18-19-34-31(26)40)30(39)33(42)35-22-25-14-8-3-9-15-25/h1-17,26-28H,18-22H2,(H,34,40)(H,35,42)(H,36,38)(H,37,41)/b17-16+/t26-,27-,28-/m1/s1. The van der Waals surface area contributed by atoms with E-state index in [1.807, 2.05) is 91.0 Å². The molecule has 4 rings (SSSR count). The van der Waals surface area contributed by atoms with Crippen LogP contribution >= 0.6 is 0 Å². The third kappa shape index (κ3) is 8.99. The van der Waals surface area contributed by atoms with Gasteiger partial charge >= 0.3 is 0 Å². The van der Waals surface area contributed by atoms with Crippen molar-refractivity contribution in [3.05, 3.63) is 114 Å². The van der Waals surface area contributed by atoms with Gasteiger partial charge in [-0.15, -0.1) is 0 Å². The number of hydrogen-bond acceptors (Lipinski definition) is 5. The lowest BCUT2D eigenvalue weighted by Crippen LogP contribution is -2.55. The van der Waals surface area contributed by atoms with Gasteiger partial charge in [0.25, 0.3) is 5.91 Å². The minimum absolute atomic E-state index is 0.0327. The van der Waals surface area contributed by atoms with Crippen molar-refractivity contribution >= 4 is 35.5 Å². The molecule has 42 heavy (non-hydrogen) atoms. The Labute approximate surface area is 244 Å². The van der Waals surface area contributed by atoms with Gasteiger partial charge in [0.05, 0.1) is 6.04 Å². The van der Waals surface area contributed by atoms with Crippen molar-refractivity contribution in [3.63, 3.8) is 0 Å². The van der Waals surface area contributed by atoms with Crippen LogP contribution in [0.1, 0.15) is 29.5 Å². The van der Waals surface area contributed by atoms with Crippen molar-refractivity contribution in [1.82, 2.24) is 21.3 Å². The summed E-state index contributed by atoms with van der Waals surface area (Å²) < 4.78 is 0. The van der Waals surface area contributed by atoms with Crippen LogP contribution < -0.4 is 21.3 Å². The fourth-order valence-electron chi connectivity index (χ4n) is 4.70. The number of hydrogen-bond donors (Lipinski definition) is 4. The Hall–Kier alpha value is -5.05. The predicted octanol–water partition coefficient (Wildman–Crippen LogP) is 2.32. The Bertz CT molecular complexity index is 1410. The first kappa shape index (κ1) is 29.9. The van der Waals surface area contributed by atoms with E-state index in [2.05, 4.69) is 21.3 Å². The molecule has 0 bridgehead atoms. The molecule has 3 atom stereocenters. The van der Waals surface area contributed by atoms with Gasteiger partial charge in [-0.05, 0) is 35.6 Å². The van der Waals surface area contributed by atoms with E-state index in [4.69, 9.17) is 0 Å². The molecule has 1 heterocycles. The van der Waals surface area contributed by atoms with Crippen molar-refractivity contribution in [3.8, 4) is 0 Å². The van der Waals surface area contributed by atoms with Crippen LogP contribution in [0.3, 0.4) is 0 Å². The summed E-state index contributed by atoms with van der Waals surface area (Å²) in [5.41, 5.74) is 2.42.